The minimum Gasteiger partial charge on any atom is -0.454 e. The van der Waals surface area contributed by atoms with Crippen molar-refractivity contribution in [3.05, 3.63) is 0 Å². The maximum absolute atomic E-state index is 10.4. The predicted molar refractivity (Wildman–Crippen MR) is 111 cm³/mol. The molecule has 0 saturated heterocycles. The van der Waals surface area contributed by atoms with Crippen molar-refractivity contribution in [2.45, 2.75) is 33.6 Å². The number of halogens is 5. The number of rotatable bonds is 6. The molecule has 14 heteroatoms. The number of alkyl halides is 2. The Bertz CT molecular complexity index is 359. The van der Waals surface area contributed by atoms with Crippen LogP contribution in [0.2, 0.25) is 0 Å². The normalized spacial score (nSPS) is 8.52. The molecule has 0 amide bonds. The lowest BCUT2D eigenvalue weighted by atomic mass is 10.5. The number of hydrogen-bond acceptors (Lipinski definition) is 8. The molecular formula is C11H19Cl5O6S3. The van der Waals surface area contributed by atoms with Crippen molar-refractivity contribution in [1.82, 2.24) is 0 Å². The van der Waals surface area contributed by atoms with Crippen LogP contribution < -0.4 is 0 Å². The van der Waals surface area contributed by atoms with Gasteiger partial charge < -0.3 is 9.47 Å². The van der Waals surface area contributed by atoms with E-state index < -0.39 is 9.23 Å². The Hall–Kier alpha value is 0.910. The summed E-state index contributed by atoms with van der Waals surface area (Å²) in [5, 5.41) is 0.156. The van der Waals surface area contributed by atoms with E-state index in [4.69, 9.17) is 38.1 Å². The minimum absolute atomic E-state index is 0.0381. The SMILES string of the molecule is CCC(=O)OCSC(C)=O.CCC(=O)OCSCl.ClCCl.O=S(Cl)Cl. The molecule has 0 unspecified atom stereocenters. The van der Waals surface area contributed by atoms with E-state index in [1.54, 1.807) is 13.8 Å². The van der Waals surface area contributed by atoms with Gasteiger partial charge in [-0.25, -0.2) is 4.21 Å². The van der Waals surface area contributed by atoms with Gasteiger partial charge in [0.05, 0.1) is 5.34 Å². The first-order valence-electron chi connectivity index (χ1n) is 6.16. The summed E-state index contributed by atoms with van der Waals surface area (Å²) in [5.41, 5.74) is 0. The van der Waals surface area contributed by atoms with Crippen LogP contribution in [0.25, 0.3) is 0 Å². The van der Waals surface area contributed by atoms with Crippen molar-refractivity contribution in [3.63, 3.8) is 0 Å². The van der Waals surface area contributed by atoms with Gasteiger partial charge >= 0.3 is 11.9 Å². The zero-order chi connectivity index (χ0) is 20.7. The molecule has 0 fully saturated rings. The molecule has 0 atom stereocenters. The average molecular weight is 521 g/mol. The van der Waals surface area contributed by atoms with Gasteiger partial charge in [0.1, 0.15) is 5.94 Å². The molecule has 0 aromatic heterocycles. The number of carbonyl (C=O) groups is 3. The Morgan fingerprint density at radius 2 is 1.28 bits per heavy atom. The van der Waals surface area contributed by atoms with Crippen molar-refractivity contribution in [1.29, 1.82) is 0 Å². The summed E-state index contributed by atoms with van der Waals surface area (Å²) >= 11 is 10.5. The van der Waals surface area contributed by atoms with Crippen molar-refractivity contribution < 1.29 is 28.1 Å². The molecule has 0 aromatic carbocycles. The van der Waals surface area contributed by atoms with Crippen LogP contribution in [-0.4, -0.2) is 38.5 Å². The topological polar surface area (TPSA) is 86.7 Å². The first kappa shape index (κ1) is 33.5. The summed E-state index contributed by atoms with van der Waals surface area (Å²) < 4.78 is 18.2. The van der Waals surface area contributed by atoms with Gasteiger partial charge in [-0.05, 0) is 33.4 Å². The first-order chi connectivity index (χ1) is 11.6. The molecule has 0 aliphatic rings. The maximum atomic E-state index is 10.4. The highest BCUT2D eigenvalue weighted by molar-refractivity contribution is 8.26. The molecule has 0 aromatic rings. The third kappa shape index (κ3) is 58.8. The molecule has 0 spiro atoms. The van der Waals surface area contributed by atoms with Gasteiger partial charge in [0.25, 0.3) is 0 Å². The fourth-order valence-corrected chi connectivity index (χ4v) is 1.14. The Morgan fingerprint density at radius 3 is 1.52 bits per heavy atom. The van der Waals surface area contributed by atoms with E-state index in [0.29, 0.717) is 12.8 Å². The summed E-state index contributed by atoms with van der Waals surface area (Å²) in [4.78, 5) is 31.0. The van der Waals surface area contributed by atoms with Crippen LogP contribution in [0.15, 0.2) is 0 Å². The molecular weight excluding hydrogens is 502 g/mol. The van der Waals surface area contributed by atoms with Gasteiger partial charge in [0.2, 0.25) is 9.23 Å². The van der Waals surface area contributed by atoms with Crippen molar-refractivity contribution in [2.75, 3.05) is 17.2 Å². The third-order valence-electron chi connectivity index (χ3n) is 1.32. The summed E-state index contributed by atoms with van der Waals surface area (Å²) in [5.74, 6) is -0.0946. The second-order valence-corrected chi connectivity index (χ2v) is 8.55. The van der Waals surface area contributed by atoms with Gasteiger partial charge in [-0.2, -0.15) is 0 Å². The summed E-state index contributed by atoms with van der Waals surface area (Å²) in [6.07, 6.45) is 0.774. The van der Waals surface area contributed by atoms with E-state index in [1.165, 1.54) is 6.92 Å². The van der Waals surface area contributed by atoms with Crippen molar-refractivity contribution in [2.24, 2.45) is 0 Å². The highest BCUT2D eigenvalue weighted by Crippen LogP contribution is 2.05. The molecule has 0 rings (SSSR count). The largest absolute Gasteiger partial charge is 0.454 e. The van der Waals surface area contributed by atoms with E-state index in [9.17, 15) is 14.4 Å². The fourth-order valence-electron chi connectivity index (χ4n) is 0.470. The van der Waals surface area contributed by atoms with Crippen LogP contribution >= 0.6 is 78.0 Å². The molecule has 0 N–H and O–H groups in total. The van der Waals surface area contributed by atoms with Crippen molar-refractivity contribution in [3.8, 4) is 0 Å². The zero-order valence-corrected chi connectivity index (χ0v) is 19.8. The minimum atomic E-state index is -1.67. The number of esters is 2. The lowest BCUT2D eigenvalue weighted by molar-refractivity contribution is -0.141. The summed E-state index contributed by atoms with van der Waals surface area (Å²) in [6.45, 7) is 4.88. The summed E-state index contributed by atoms with van der Waals surface area (Å²) in [7, 11) is 13.5. The molecule has 0 aliphatic carbocycles. The Kier molecular flexibility index (Phi) is 39.7. The number of thioether (sulfide) groups is 1. The Balaban J connectivity index is -0.000000131. The van der Waals surface area contributed by atoms with E-state index in [0.717, 1.165) is 22.7 Å². The van der Waals surface area contributed by atoms with Crippen molar-refractivity contribution >= 4 is 104 Å². The molecule has 0 aliphatic heterocycles. The van der Waals surface area contributed by atoms with Crippen LogP contribution in [0.5, 0.6) is 0 Å². The Labute approximate surface area is 182 Å². The van der Waals surface area contributed by atoms with E-state index in [1.807, 2.05) is 0 Å². The quantitative estimate of drug-likeness (QED) is 0.198. The fraction of sp³-hybridized carbons (Fsp3) is 0.727. The van der Waals surface area contributed by atoms with E-state index >= 15 is 0 Å². The predicted octanol–water partition coefficient (Wildman–Crippen LogP) is 5.43. The standard InChI is InChI=1S/C6H10O3S.C4H7ClO2S.CH2Cl2.Cl2OS/c1-3-6(8)9-4-10-5(2)7;1-2-4(6)7-3-8-5;2-1-3;1-4(2)3/h3-4H2,1-2H3;2-3H2,1H3;1H2;. The monoisotopic (exact) mass is 518 g/mol. The van der Waals surface area contributed by atoms with Gasteiger partial charge in [-0.3, -0.25) is 14.4 Å². The first-order valence-corrected chi connectivity index (χ1v) is 12.8. The van der Waals surface area contributed by atoms with E-state index in [-0.39, 0.29) is 34.3 Å². The molecule has 0 radical (unpaired) electrons. The van der Waals surface area contributed by atoms with E-state index in [2.05, 4.69) is 30.8 Å². The summed E-state index contributed by atoms with van der Waals surface area (Å²) in [6, 6.07) is 0. The van der Waals surface area contributed by atoms with Crippen LogP contribution in [0.1, 0.15) is 33.6 Å². The van der Waals surface area contributed by atoms with Crippen LogP contribution in [0, 0.1) is 0 Å². The van der Waals surface area contributed by atoms with Crippen LogP contribution in [0.4, 0.5) is 0 Å². The number of carbonyl (C=O) groups excluding carboxylic acids is 3. The molecule has 152 valence electrons. The molecule has 0 heterocycles. The molecule has 0 bridgehead atoms. The number of ether oxygens (including phenoxy) is 2. The average Bonchev–Trinajstić information content (AvgIpc) is 2.52. The van der Waals surface area contributed by atoms with Gasteiger partial charge in [0.15, 0.2) is 11.1 Å². The highest BCUT2D eigenvalue weighted by atomic mass is 36.0. The Morgan fingerprint density at radius 1 is 0.960 bits per heavy atom. The molecule has 0 saturated carbocycles. The maximum Gasteiger partial charge on any atom is 0.306 e. The van der Waals surface area contributed by atoms with Gasteiger partial charge in [-0.1, -0.05) is 13.8 Å². The second-order valence-electron chi connectivity index (χ2n) is 3.01. The molecule has 25 heavy (non-hydrogen) atoms. The van der Waals surface area contributed by atoms with Gasteiger partial charge in [0, 0.05) is 41.1 Å². The lowest BCUT2D eigenvalue weighted by Crippen LogP contribution is -2.02. The van der Waals surface area contributed by atoms with Gasteiger partial charge in [-0.15, -0.1) is 23.2 Å². The highest BCUT2D eigenvalue weighted by Gasteiger charge is 1.98. The van der Waals surface area contributed by atoms with Crippen LogP contribution in [0.3, 0.4) is 0 Å². The third-order valence-corrected chi connectivity index (χ3v) is 2.44. The second kappa shape index (κ2) is 29.7. The molecule has 6 nitrogen and oxygen atoms in total. The smallest absolute Gasteiger partial charge is 0.306 e. The lowest BCUT2D eigenvalue weighted by Gasteiger charge is -1.98. The van der Waals surface area contributed by atoms with Crippen LogP contribution in [-0.2, 0) is 33.1 Å². The number of hydrogen-bond donors (Lipinski definition) is 0. The zero-order valence-electron chi connectivity index (χ0n) is 13.6.